The molecule has 0 saturated heterocycles. The lowest BCUT2D eigenvalue weighted by atomic mass is 10.0. The van der Waals surface area contributed by atoms with E-state index in [1.807, 2.05) is 67.6 Å². The summed E-state index contributed by atoms with van der Waals surface area (Å²) in [6, 6.07) is 20.7. The molecule has 5 rings (SSSR count). The first-order chi connectivity index (χ1) is 16.1. The highest BCUT2D eigenvalue weighted by molar-refractivity contribution is 6.13. The zero-order valence-corrected chi connectivity index (χ0v) is 18.3. The molecule has 3 aromatic carbocycles. The minimum atomic E-state index is -0.311. The van der Waals surface area contributed by atoms with Gasteiger partial charge in [-0.1, -0.05) is 36.4 Å². The van der Waals surface area contributed by atoms with E-state index in [0.29, 0.717) is 43.1 Å². The van der Waals surface area contributed by atoms with Gasteiger partial charge in [-0.05, 0) is 42.8 Å². The Labute approximate surface area is 191 Å². The molecule has 2 amide bonds. The molecule has 0 fully saturated rings. The van der Waals surface area contributed by atoms with Gasteiger partial charge in [-0.2, -0.15) is 0 Å². The number of fused-ring (bicyclic) bond motifs is 2. The second kappa shape index (κ2) is 8.88. The SMILES string of the molecule is CCOCCN1Cc2cccc(C(=O)Nc3cccc(-c4nc5ccccc5[nH]4)c3)c2C1=O. The minimum Gasteiger partial charge on any atom is -0.380 e. The number of nitrogens with one attached hydrogen (secondary N) is 2. The van der Waals surface area contributed by atoms with Crippen LogP contribution in [0.15, 0.2) is 66.7 Å². The number of carbonyl (C=O) groups excluding carboxylic acids is 2. The molecule has 0 aliphatic carbocycles. The Morgan fingerprint density at radius 2 is 1.97 bits per heavy atom. The van der Waals surface area contributed by atoms with Crippen molar-refractivity contribution in [2.24, 2.45) is 0 Å². The Bertz CT molecular complexity index is 1310. The van der Waals surface area contributed by atoms with Crippen molar-refractivity contribution in [3.8, 4) is 11.4 Å². The van der Waals surface area contributed by atoms with Crippen LogP contribution >= 0.6 is 0 Å². The molecule has 1 aromatic heterocycles. The van der Waals surface area contributed by atoms with Crippen molar-refractivity contribution in [1.82, 2.24) is 14.9 Å². The number of rotatable bonds is 7. The number of hydrogen-bond donors (Lipinski definition) is 2. The van der Waals surface area contributed by atoms with E-state index in [1.165, 1.54) is 0 Å². The van der Waals surface area contributed by atoms with Crippen LogP contribution in [-0.4, -0.2) is 46.4 Å². The fraction of sp³-hybridized carbons (Fsp3) is 0.192. The number of carbonyl (C=O) groups is 2. The molecule has 166 valence electrons. The number of H-pyrrole nitrogens is 1. The lowest BCUT2D eigenvalue weighted by Gasteiger charge is -2.15. The van der Waals surface area contributed by atoms with E-state index < -0.39 is 0 Å². The zero-order valence-electron chi connectivity index (χ0n) is 18.3. The lowest BCUT2D eigenvalue weighted by Crippen LogP contribution is -2.28. The molecular formula is C26H24N4O3. The lowest BCUT2D eigenvalue weighted by molar-refractivity contribution is 0.0678. The van der Waals surface area contributed by atoms with Crippen LogP contribution in [-0.2, 0) is 11.3 Å². The van der Waals surface area contributed by atoms with E-state index in [0.717, 1.165) is 28.0 Å². The maximum Gasteiger partial charge on any atom is 0.256 e. The number of anilines is 1. The van der Waals surface area contributed by atoms with Crippen molar-refractivity contribution in [1.29, 1.82) is 0 Å². The number of amides is 2. The van der Waals surface area contributed by atoms with Gasteiger partial charge in [0.05, 0.1) is 28.8 Å². The van der Waals surface area contributed by atoms with Crippen LogP contribution in [0.2, 0.25) is 0 Å². The number of para-hydroxylation sites is 2. The first-order valence-corrected chi connectivity index (χ1v) is 11.0. The van der Waals surface area contributed by atoms with Gasteiger partial charge in [0, 0.05) is 30.9 Å². The number of benzene rings is 3. The summed E-state index contributed by atoms with van der Waals surface area (Å²) in [5.41, 5.74) is 5.05. The molecule has 1 aliphatic rings. The molecule has 7 nitrogen and oxygen atoms in total. The van der Waals surface area contributed by atoms with Gasteiger partial charge in [-0.25, -0.2) is 4.98 Å². The van der Waals surface area contributed by atoms with Crippen molar-refractivity contribution >= 4 is 28.5 Å². The van der Waals surface area contributed by atoms with Crippen LogP contribution in [0.5, 0.6) is 0 Å². The van der Waals surface area contributed by atoms with E-state index in [1.54, 1.807) is 11.0 Å². The van der Waals surface area contributed by atoms with Crippen LogP contribution in [0.4, 0.5) is 5.69 Å². The minimum absolute atomic E-state index is 0.133. The summed E-state index contributed by atoms with van der Waals surface area (Å²) in [6.45, 7) is 4.00. The smallest absolute Gasteiger partial charge is 0.256 e. The van der Waals surface area contributed by atoms with Gasteiger partial charge >= 0.3 is 0 Å². The molecule has 0 bridgehead atoms. The van der Waals surface area contributed by atoms with Gasteiger partial charge in [0.25, 0.3) is 11.8 Å². The van der Waals surface area contributed by atoms with Crippen molar-refractivity contribution in [2.75, 3.05) is 25.1 Å². The van der Waals surface area contributed by atoms with Gasteiger partial charge in [0.1, 0.15) is 5.82 Å². The summed E-state index contributed by atoms with van der Waals surface area (Å²) in [7, 11) is 0. The van der Waals surface area contributed by atoms with Gasteiger partial charge in [-0.15, -0.1) is 0 Å². The van der Waals surface area contributed by atoms with Crippen molar-refractivity contribution < 1.29 is 14.3 Å². The number of ether oxygens (including phenoxy) is 1. The van der Waals surface area contributed by atoms with E-state index in [4.69, 9.17) is 4.74 Å². The topological polar surface area (TPSA) is 87.3 Å². The average molecular weight is 441 g/mol. The highest BCUT2D eigenvalue weighted by atomic mass is 16.5. The van der Waals surface area contributed by atoms with Crippen LogP contribution in [0, 0.1) is 0 Å². The van der Waals surface area contributed by atoms with Gasteiger partial charge < -0.3 is 19.9 Å². The monoisotopic (exact) mass is 440 g/mol. The zero-order chi connectivity index (χ0) is 22.8. The molecule has 0 atom stereocenters. The number of hydrogen-bond acceptors (Lipinski definition) is 4. The van der Waals surface area contributed by atoms with E-state index in [2.05, 4.69) is 15.3 Å². The maximum absolute atomic E-state index is 13.1. The molecule has 1 aliphatic heterocycles. The van der Waals surface area contributed by atoms with E-state index in [9.17, 15) is 9.59 Å². The Kier molecular flexibility index (Phi) is 5.62. The summed E-state index contributed by atoms with van der Waals surface area (Å²) < 4.78 is 5.39. The molecule has 2 heterocycles. The standard InChI is InChI=1S/C26H24N4O3/c1-2-33-14-13-30-16-18-8-6-10-20(23(18)26(30)32)25(31)27-19-9-5-7-17(15-19)24-28-21-11-3-4-12-22(21)29-24/h3-12,15H,2,13-14,16H2,1H3,(H,27,31)(H,28,29). The molecule has 2 N–H and O–H groups in total. The summed E-state index contributed by atoms with van der Waals surface area (Å²) in [5.74, 6) is 0.285. The largest absolute Gasteiger partial charge is 0.380 e. The van der Waals surface area contributed by atoms with Crippen LogP contribution in [0.3, 0.4) is 0 Å². The Morgan fingerprint density at radius 1 is 1.12 bits per heavy atom. The summed E-state index contributed by atoms with van der Waals surface area (Å²) in [6.07, 6.45) is 0. The molecule has 0 spiro atoms. The predicted octanol–water partition coefficient (Wildman–Crippen LogP) is 4.47. The number of imidazole rings is 1. The average Bonchev–Trinajstić information content (AvgIpc) is 3.41. The summed E-state index contributed by atoms with van der Waals surface area (Å²) in [4.78, 5) is 35.8. The Hall–Kier alpha value is -3.97. The van der Waals surface area contributed by atoms with E-state index in [-0.39, 0.29) is 11.8 Å². The predicted molar refractivity (Wildman–Crippen MR) is 127 cm³/mol. The Morgan fingerprint density at radius 3 is 2.82 bits per heavy atom. The highest BCUT2D eigenvalue weighted by Gasteiger charge is 2.31. The Balaban J connectivity index is 1.37. The second-order valence-corrected chi connectivity index (χ2v) is 7.90. The van der Waals surface area contributed by atoms with Crippen molar-refractivity contribution in [3.05, 3.63) is 83.4 Å². The molecule has 0 unspecified atom stereocenters. The van der Waals surface area contributed by atoms with Crippen LogP contribution in [0.1, 0.15) is 33.2 Å². The molecule has 0 saturated carbocycles. The fourth-order valence-corrected chi connectivity index (χ4v) is 4.14. The second-order valence-electron chi connectivity index (χ2n) is 7.90. The molecule has 0 radical (unpaired) electrons. The summed E-state index contributed by atoms with van der Waals surface area (Å²) in [5, 5.41) is 2.94. The first kappa shape index (κ1) is 20.9. The third-order valence-corrected chi connectivity index (χ3v) is 5.75. The van der Waals surface area contributed by atoms with Crippen molar-refractivity contribution in [3.63, 3.8) is 0 Å². The molecule has 7 heteroatoms. The van der Waals surface area contributed by atoms with Crippen LogP contribution in [0.25, 0.3) is 22.4 Å². The molecule has 33 heavy (non-hydrogen) atoms. The quantitative estimate of drug-likeness (QED) is 0.415. The third-order valence-electron chi connectivity index (χ3n) is 5.75. The number of aromatic nitrogens is 2. The third kappa shape index (κ3) is 4.10. The van der Waals surface area contributed by atoms with E-state index >= 15 is 0 Å². The van der Waals surface area contributed by atoms with Crippen LogP contribution < -0.4 is 5.32 Å². The normalized spacial score (nSPS) is 12.9. The van der Waals surface area contributed by atoms with Gasteiger partial charge in [-0.3, -0.25) is 9.59 Å². The van der Waals surface area contributed by atoms with Gasteiger partial charge in [0.15, 0.2) is 0 Å². The fourth-order valence-electron chi connectivity index (χ4n) is 4.14. The first-order valence-electron chi connectivity index (χ1n) is 11.0. The maximum atomic E-state index is 13.1. The van der Waals surface area contributed by atoms with Crippen molar-refractivity contribution in [2.45, 2.75) is 13.5 Å². The number of nitrogens with zero attached hydrogens (tertiary/aromatic N) is 2. The molecular weight excluding hydrogens is 416 g/mol. The summed E-state index contributed by atoms with van der Waals surface area (Å²) >= 11 is 0. The molecule has 4 aromatic rings. The van der Waals surface area contributed by atoms with Gasteiger partial charge in [0.2, 0.25) is 0 Å². The highest BCUT2D eigenvalue weighted by Crippen LogP contribution is 2.28. The number of aromatic amines is 1.